The van der Waals surface area contributed by atoms with Crippen LogP contribution < -0.4 is 10.5 Å². The molecule has 0 aliphatic carbocycles. The van der Waals surface area contributed by atoms with E-state index >= 15 is 0 Å². The lowest BCUT2D eigenvalue weighted by atomic mass is 9.83. The first kappa shape index (κ1) is 13.3. The van der Waals surface area contributed by atoms with E-state index in [0.717, 1.165) is 11.1 Å². The van der Waals surface area contributed by atoms with Crippen molar-refractivity contribution in [2.75, 3.05) is 0 Å². The quantitative estimate of drug-likeness (QED) is 0.847. The molecule has 0 amide bonds. The van der Waals surface area contributed by atoms with Gasteiger partial charge in [0, 0.05) is 16.7 Å². The van der Waals surface area contributed by atoms with E-state index in [-0.39, 0.29) is 11.6 Å². The third kappa shape index (κ3) is 2.18. The smallest absolute Gasteiger partial charge is 0.205 e. The summed E-state index contributed by atoms with van der Waals surface area (Å²) in [5.74, 6) is 0.116. The number of halogens is 1. The molecule has 2 aromatic rings. The number of allylic oxidation sites excluding steroid dienone is 1. The van der Waals surface area contributed by atoms with Gasteiger partial charge in [-0.25, -0.2) is 0 Å². The van der Waals surface area contributed by atoms with Crippen LogP contribution in [-0.2, 0) is 0 Å². The minimum Gasteiger partial charge on any atom is -0.508 e. The normalized spacial score (nSPS) is 16.9. The lowest BCUT2D eigenvalue weighted by molar-refractivity contribution is 0.388. The maximum atomic E-state index is 9.58. The van der Waals surface area contributed by atoms with Crippen LogP contribution in [0.15, 0.2) is 53.9 Å². The molecule has 2 aromatic carbocycles. The SMILES string of the molecule is N#CC1=C(N)Oc2cc(O)ccc2[C@@H]1c1ccccc1Cl. The van der Waals surface area contributed by atoms with Gasteiger partial charge in [-0.15, -0.1) is 0 Å². The zero-order valence-corrected chi connectivity index (χ0v) is 11.6. The third-order valence-corrected chi connectivity index (χ3v) is 3.76. The molecule has 21 heavy (non-hydrogen) atoms. The maximum Gasteiger partial charge on any atom is 0.205 e. The Hall–Kier alpha value is -2.64. The third-order valence-electron chi connectivity index (χ3n) is 3.42. The van der Waals surface area contributed by atoms with Crippen LogP contribution in [0.5, 0.6) is 11.5 Å². The molecule has 0 bridgehead atoms. The molecule has 0 aromatic heterocycles. The molecular weight excluding hydrogens is 288 g/mol. The minimum absolute atomic E-state index is 0.0283. The number of ether oxygens (including phenoxy) is 1. The Morgan fingerprint density at radius 3 is 2.67 bits per heavy atom. The highest BCUT2D eigenvalue weighted by atomic mass is 35.5. The van der Waals surface area contributed by atoms with Crippen molar-refractivity contribution in [2.24, 2.45) is 5.73 Å². The predicted octanol–water partition coefficient (Wildman–Crippen LogP) is 3.26. The van der Waals surface area contributed by atoms with E-state index < -0.39 is 5.92 Å². The standard InChI is InChI=1S/C16H11ClN2O2/c17-13-4-2-1-3-10(13)15-11-6-5-9(20)7-14(11)21-16(19)12(15)8-18/h1-7,15,20H,19H2/t15-/m0/s1. The number of aromatic hydroxyl groups is 1. The molecule has 3 rings (SSSR count). The number of benzene rings is 2. The molecule has 0 saturated carbocycles. The highest BCUT2D eigenvalue weighted by Gasteiger charge is 2.31. The number of nitriles is 1. The second-order valence-corrected chi connectivity index (χ2v) is 5.08. The van der Waals surface area contributed by atoms with Crippen LogP contribution in [0.1, 0.15) is 17.0 Å². The number of fused-ring (bicyclic) bond motifs is 1. The predicted molar refractivity (Wildman–Crippen MR) is 78.9 cm³/mol. The molecule has 0 saturated heterocycles. The lowest BCUT2D eigenvalue weighted by Gasteiger charge is -2.27. The Morgan fingerprint density at radius 1 is 1.19 bits per heavy atom. The minimum atomic E-state index is -0.409. The summed E-state index contributed by atoms with van der Waals surface area (Å²) in [7, 11) is 0. The summed E-state index contributed by atoms with van der Waals surface area (Å²) >= 11 is 6.26. The van der Waals surface area contributed by atoms with Crippen molar-refractivity contribution in [1.82, 2.24) is 0 Å². The Morgan fingerprint density at radius 2 is 1.95 bits per heavy atom. The second kappa shape index (κ2) is 5.04. The first-order valence-corrected chi connectivity index (χ1v) is 6.64. The van der Waals surface area contributed by atoms with Gasteiger partial charge in [0.1, 0.15) is 23.1 Å². The molecule has 0 fully saturated rings. The number of hydrogen-bond donors (Lipinski definition) is 2. The Balaban J connectivity index is 2.27. The van der Waals surface area contributed by atoms with Crippen molar-refractivity contribution in [1.29, 1.82) is 5.26 Å². The van der Waals surface area contributed by atoms with Crippen molar-refractivity contribution >= 4 is 11.6 Å². The summed E-state index contributed by atoms with van der Waals surface area (Å²) in [6, 6.07) is 14.1. The summed E-state index contributed by atoms with van der Waals surface area (Å²) in [5.41, 5.74) is 7.66. The molecule has 104 valence electrons. The van der Waals surface area contributed by atoms with Gasteiger partial charge >= 0.3 is 0 Å². The summed E-state index contributed by atoms with van der Waals surface area (Å²) < 4.78 is 5.44. The van der Waals surface area contributed by atoms with Crippen LogP contribution in [0.2, 0.25) is 5.02 Å². The van der Waals surface area contributed by atoms with E-state index in [1.165, 1.54) is 6.07 Å². The summed E-state index contributed by atoms with van der Waals surface area (Å²) in [6.07, 6.45) is 0. The van der Waals surface area contributed by atoms with Gasteiger partial charge in [0.25, 0.3) is 0 Å². The van der Waals surface area contributed by atoms with Gasteiger partial charge in [-0.3, -0.25) is 0 Å². The monoisotopic (exact) mass is 298 g/mol. The van der Waals surface area contributed by atoms with E-state index in [4.69, 9.17) is 22.1 Å². The summed E-state index contributed by atoms with van der Waals surface area (Å²) in [6.45, 7) is 0. The molecular formula is C16H11ClN2O2. The zero-order chi connectivity index (χ0) is 15.0. The van der Waals surface area contributed by atoms with Crippen molar-refractivity contribution in [3.05, 3.63) is 70.1 Å². The molecule has 4 nitrogen and oxygen atoms in total. The van der Waals surface area contributed by atoms with Crippen molar-refractivity contribution in [3.63, 3.8) is 0 Å². The van der Waals surface area contributed by atoms with Crippen molar-refractivity contribution < 1.29 is 9.84 Å². The van der Waals surface area contributed by atoms with Crippen molar-refractivity contribution in [2.45, 2.75) is 5.92 Å². The van der Waals surface area contributed by atoms with Crippen LogP contribution in [0.25, 0.3) is 0 Å². The largest absolute Gasteiger partial charge is 0.508 e. The number of phenols is 1. The van der Waals surface area contributed by atoms with E-state index in [2.05, 4.69) is 6.07 Å². The van der Waals surface area contributed by atoms with Gasteiger partial charge in [0.2, 0.25) is 5.88 Å². The van der Waals surface area contributed by atoms with E-state index in [9.17, 15) is 10.4 Å². The van der Waals surface area contributed by atoms with Gasteiger partial charge in [-0.2, -0.15) is 5.26 Å². The average Bonchev–Trinajstić information content (AvgIpc) is 2.46. The van der Waals surface area contributed by atoms with E-state index in [1.807, 2.05) is 18.2 Å². The number of hydrogen-bond acceptors (Lipinski definition) is 4. The topological polar surface area (TPSA) is 79.3 Å². The van der Waals surface area contributed by atoms with E-state index in [1.54, 1.807) is 18.2 Å². The fourth-order valence-corrected chi connectivity index (χ4v) is 2.72. The summed E-state index contributed by atoms with van der Waals surface area (Å²) in [5, 5.41) is 19.5. The number of rotatable bonds is 1. The number of phenolic OH excluding ortho intramolecular Hbond substituents is 1. The van der Waals surface area contributed by atoms with Crippen LogP contribution in [0.3, 0.4) is 0 Å². The van der Waals surface area contributed by atoms with Gasteiger partial charge in [0.05, 0.1) is 5.92 Å². The molecule has 3 N–H and O–H groups in total. The highest BCUT2D eigenvalue weighted by Crippen LogP contribution is 2.44. The van der Waals surface area contributed by atoms with Gasteiger partial charge in [-0.05, 0) is 17.7 Å². The molecule has 1 aliphatic heterocycles. The Labute approximate surface area is 126 Å². The fraction of sp³-hybridized carbons (Fsp3) is 0.0625. The fourth-order valence-electron chi connectivity index (χ4n) is 2.47. The number of nitrogens with two attached hydrogens (primary N) is 1. The first-order chi connectivity index (χ1) is 10.1. The molecule has 1 aliphatic rings. The molecule has 0 spiro atoms. The molecule has 5 heteroatoms. The van der Waals surface area contributed by atoms with Gasteiger partial charge in [-0.1, -0.05) is 35.9 Å². The van der Waals surface area contributed by atoms with Crippen molar-refractivity contribution in [3.8, 4) is 17.6 Å². The van der Waals surface area contributed by atoms with Gasteiger partial charge < -0.3 is 15.6 Å². The van der Waals surface area contributed by atoms with Crippen LogP contribution in [0.4, 0.5) is 0 Å². The molecule has 1 atom stereocenters. The molecule has 0 radical (unpaired) electrons. The van der Waals surface area contributed by atoms with Crippen LogP contribution >= 0.6 is 11.6 Å². The molecule has 1 heterocycles. The highest BCUT2D eigenvalue weighted by molar-refractivity contribution is 6.31. The van der Waals surface area contributed by atoms with Gasteiger partial charge in [0.15, 0.2) is 0 Å². The summed E-state index contributed by atoms with van der Waals surface area (Å²) in [4.78, 5) is 0. The molecule has 0 unspecified atom stereocenters. The van der Waals surface area contributed by atoms with E-state index in [0.29, 0.717) is 16.3 Å². The Kier molecular flexibility index (Phi) is 3.20. The van der Waals surface area contributed by atoms with Crippen LogP contribution in [0, 0.1) is 11.3 Å². The second-order valence-electron chi connectivity index (χ2n) is 4.67. The first-order valence-electron chi connectivity index (χ1n) is 6.26. The average molecular weight is 299 g/mol. The maximum absolute atomic E-state index is 9.58. The Bertz CT molecular complexity index is 793. The van der Waals surface area contributed by atoms with Crippen LogP contribution in [-0.4, -0.2) is 5.11 Å². The lowest BCUT2D eigenvalue weighted by Crippen LogP contribution is -2.21. The zero-order valence-electron chi connectivity index (χ0n) is 10.9. The number of nitrogens with zero attached hydrogens (tertiary/aromatic N) is 1.